The molecule has 0 bridgehead atoms. The van der Waals surface area contributed by atoms with E-state index in [0.717, 1.165) is 19.3 Å². The molecule has 0 aromatic carbocycles. The van der Waals surface area contributed by atoms with Crippen molar-refractivity contribution in [3.05, 3.63) is 12.1 Å². The summed E-state index contributed by atoms with van der Waals surface area (Å²) >= 11 is 0. The molecule has 1 aliphatic carbocycles. The van der Waals surface area contributed by atoms with Gasteiger partial charge in [0.05, 0.1) is 18.0 Å². The van der Waals surface area contributed by atoms with E-state index in [1.807, 2.05) is 0 Å². The molecule has 0 aliphatic heterocycles. The molecule has 2 unspecified atom stereocenters. The fourth-order valence-electron chi connectivity index (χ4n) is 2.52. The van der Waals surface area contributed by atoms with Crippen molar-refractivity contribution in [3.63, 3.8) is 0 Å². The number of carbonyl (C=O) groups is 1. The van der Waals surface area contributed by atoms with Crippen molar-refractivity contribution in [3.8, 4) is 11.5 Å². The maximum Gasteiger partial charge on any atom is 0.307 e. The van der Waals surface area contributed by atoms with E-state index < -0.39 is 11.9 Å². The lowest BCUT2D eigenvalue weighted by molar-refractivity contribution is -0.143. The maximum atomic E-state index is 11.3. The van der Waals surface area contributed by atoms with E-state index in [-0.39, 0.29) is 5.92 Å². The number of carboxylic acids is 1. The zero-order valence-electron chi connectivity index (χ0n) is 10.1. The second-order valence-corrected chi connectivity index (χ2v) is 4.65. The first kappa shape index (κ1) is 11.8. The van der Waals surface area contributed by atoms with Crippen molar-refractivity contribution < 1.29 is 14.4 Å². The van der Waals surface area contributed by atoms with Crippen LogP contribution in [0.1, 0.15) is 37.5 Å². The minimum absolute atomic E-state index is 0.209. The Balaban J connectivity index is 1.87. The second-order valence-electron chi connectivity index (χ2n) is 4.65. The Bertz CT molecular complexity index is 565. The number of nitrogens with one attached hydrogen (secondary N) is 1. The molecule has 2 aromatic heterocycles. The molecule has 1 saturated carbocycles. The van der Waals surface area contributed by atoms with E-state index in [4.69, 9.17) is 4.52 Å². The summed E-state index contributed by atoms with van der Waals surface area (Å²) in [7, 11) is 0. The van der Waals surface area contributed by atoms with E-state index in [9.17, 15) is 9.90 Å². The van der Waals surface area contributed by atoms with Crippen LogP contribution in [0.2, 0.25) is 0 Å². The number of aromatic nitrogens is 5. The van der Waals surface area contributed by atoms with Crippen LogP contribution in [0.4, 0.5) is 0 Å². The second kappa shape index (κ2) is 4.79. The van der Waals surface area contributed by atoms with Crippen LogP contribution in [0, 0.1) is 5.92 Å². The molecule has 19 heavy (non-hydrogen) atoms. The predicted octanol–water partition coefficient (Wildman–Crippen LogP) is 1.21. The maximum absolute atomic E-state index is 11.3. The van der Waals surface area contributed by atoms with Crippen LogP contribution in [-0.2, 0) is 4.79 Å². The van der Waals surface area contributed by atoms with Crippen molar-refractivity contribution in [2.24, 2.45) is 5.92 Å². The number of rotatable bonds is 3. The van der Waals surface area contributed by atoms with Gasteiger partial charge < -0.3 is 9.63 Å². The highest BCUT2D eigenvalue weighted by molar-refractivity contribution is 5.71. The molecule has 0 spiro atoms. The zero-order valence-corrected chi connectivity index (χ0v) is 10.1. The molecule has 8 heteroatoms. The topological polar surface area (TPSA) is 118 Å². The van der Waals surface area contributed by atoms with Gasteiger partial charge in [-0.2, -0.15) is 20.4 Å². The molecule has 0 radical (unpaired) electrons. The average molecular weight is 263 g/mol. The van der Waals surface area contributed by atoms with Crippen molar-refractivity contribution >= 4 is 5.97 Å². The lowest BCUT2D eigenvalue weighted by atomic mass is 9.79. The molecule has 1 fully saturated rings. The van der Waals surface area contributed by atoms with Crippen LogP contribution in [0.25, 0.3) is 11.5 Å². The van der Waals surface area contributed by atoms with Gasteiger partial charge in [0.15, 0.2) is 5.69 Å². The third-order valence-electron chi connectivity index (χ3n) is 3.49. The Kier molecular flexibility index (Phi) is 2.98. The smallest absolute Gasteiger partial charge is 0.307 e. The van der Waals surface area contributed by atoms with Gasteiger partial charge in [0.25, 0.3) is 0 Å². The van der Waals surface area contributed by atoms with Crippen LogP contribution in [-0.4, -0.2) is 36.6 Å². The quantitative estimate of drug-likeness (QED) is 0.854. The Labute approximate surface area is 108 Å². The summed E-state index contributed by atoms with van der Waals surface area (Å²) in [5, 5.41) is 23.1. The van der Waals surface area contributed by atoms with Crippen LogP contribution >= 0.6 is 0 Å². The van der Waals surface area contributed by atoms with Crippen molar-refractivity contribution in [2.45, 2.75) is 31.6 Å². The summed E-state index contributed by atoms with van der Waals surface area (Å²) in [4.78, 5) is 15.5. The Morgan fingerprint density at radius 2 is 2.26 bits per heavy atom. The average Bonchev–Trinajstić information content (AvgIpc) is 3.09. The number of aromatic amines is 1. The number of hydrogen-bond acceptors (Lipinski definition) is 6. The minimum Gasteiger partial charge on any atom is -0.481 e. The lowest BCUT2D eigenvalue weighted by Crippen LogP contribution is -2.25. The normalized spacial score (nSPS) is 23.4. The number of H-pyrrole nitrogens is 1. The Morgan fingerprint density at radius 3 is 3.00 bits per heavy atom. The zero-order chi connectivity index (χ0) is 13.2. The van der Waals surface area contributed by atoms with Gasteiger partial charge in [-0.1, -0.05) is 18.0 Å². The number of carboxylic acid groups (broad SMARTS) is 1. The molecule has 0 amide bonds. The van der Waals surface area contributed by atoms with Gasteiger partial charge in [-0.3, -0.25) is 4.79 Å². The van der Waals surface area contributed by atoms with Crippen molar-refractivity contribution in [2.75, 3.05) is 0 Å². The van der Waals surface area contributed by atoms with E-state index in [1.165, 1.54) is 6.20 Å². The summed E-state index contributed by atoms with van der Waals surface area (Å²) in [6.45, 7) is 0. The summed E-state index contributed by atoms with van der Waals surface area (Å²) in [5.41, 5.74) is 0.484. The van der Waals surface area contributed by atoms with Gasteiger partial charge in [-0.05, 0) is 12.8 Å². The standard InChI is InChI=1S/C11H13N5O3/c17-11(18)7-4-2-1-3-6(7)10-13-9(15-19-10)8-5-12-16-14-8/h5-7H,1-4H2,(H,17,18)(H,12,14,16). The van der Waals surface area contributed by atoms with E-state index in [2.05, 4.69) is 25.6 Å². The Hall–Kier alpha value is -2.25. The monoisotopic (exact) mass is 263 g/mol. The molecule has 100 valence electrons. The summed E-state index contributed by atoms with van der Waals surface area (Å²) in [6, 6.07) is 0. The van der Waals surface area contributed by atoms with Crippen LogP contribution in [0.5, 0.6) is 0 Å². The SMILES string of the molecule is O=C(O)C1CCCCC1c1nc(-c2cn[nH]n2)no1. The fourth-order valence-corrected chi connectivity index (χ4v) is 2.52. The lowest BCUT2D eigenvalue weighted by Gasteiger charge is -2.25. The van der Waals surface area contributed by atoms with E-state index in [1.54, 1.807) is 0 Å². The molecule has 2 atom stereocenters. The van der Waals surface area contributed by atoms with E-state index in [0.29, 0.717) is 23.8 Å². The molecule has 3 rings (SSSR count). The van der Waals surface area contributed by atoms with Crippen LogP contribution in [0.3, 0.4) is 0 Å². The first-order valence-corrected chi connectivity index (χ1v) is 6.18. The first-order valence-electron chi connectivity index (χ1n) is 6.18. The highest BCUT2D eigenvalue weighted by atomic mass is 16.5. The molecule has 0 saturated heterocycles. The van der Waals surface area contributed by atoms with Crippen molar-refractivity contribution in [1.82, 2.24) is 25.6 Å². The molecule has 1 aliphatic rings. The molecular formula is C11H13N5O3. The van der Waals surface area contributed by atoms with Crippen LogP contribution in [0.15, 0.2) is 10.7 Å². The first-order chi connectivity index (χ1) is 9.25. The minimum atomic E-state index is -0.800. The number of nitrogens with zero attached hydrogens (tertiary/aromatic N) is 4. The third kappa shape index (κ3) is 2.20. The molecule has 2 aromatic rings. The number of hydrogen-bond donors (Lipinski definition) is 2. The van der Waals surface area contributed by atoms with Crippen LogP contribution < -0.4 is 0 Å². The summed E-state index contributed by atoms with van der Waals surface area (Å²) < 4.78 is 5.20. The van der Waals surface area contributed by atoms with Gasteiger partial charge in [-0.25, -0.2) is 0 Å². The van der Waals surface area contributed by atoms with Crippen molar-refractivity contribution in [1.29, 1.82) is 0 Å². The largest absolute Gasteiger partial charge is 0.481 e. The molecule has 8 nitrogen and oxygen atoms in total. The van der Waals surface area contributed by atoms with E-state index >= 15 is 0 Å². The van der Waals surface area contributed by atoms with Gasteiger partial charge in [0.2, 0.25) is 11.7 Å². The molecule has 2 N–H and O–H groups in total. The Morgan fingerprint density at radius 1 is 1.42 bits per heavy atom. The molecule has 2 heterocycles. The summed E-state index contributed by atoms with van der Waals surface area (Å²) in [6.07, 6.45) is 4.82. The fraction of sp³-hybridized carbons (Fsp3) is 0.545. The summed E-state index contributed by atoms with van der Waals surface area (Å²) in [5.74, 6) is -0.742. The predicted molar refractivity (Wildman–Crippen MR) is 62.0 cm³/mol. The van der Waals surface area contributed by atoms with Gasteiger partial charge in [0.1, 0.15) is 0 Å². The van der Waals surface area contributed by atoms with Gasteiger partial charge >= 0.3 is 5.97 Å². The highest BCUT2D eigenvalue weighted by Gasteiger charge is 2.35. The molecular weight excluding hydrogens is 250 g/mol. The van der Waals surface area contributed by atoms with Gasteiger partial charge in [-0.15, -0.1) is 0 Å². The highest BCUT2D eigenvalue weighted by Crippen LogP contribution is 2.37. The van der Waals surface area contributed by atoms with Gasteiger partial charge in [0, 0.05) is 0 Å². The third-order valence-corrected chi connectivity index (χ3v) is 3.49. The number of aliphatic carboxylic acids is 1.